The average molecular weight is 338 g/mol. The summed E-state index contributed by atoms with van der Waals surface area (Å²) in [6, 6.07) is 0.296. The van der Waals surface area contributed by atoms with E-state index in [2.05, 4.69) is 6.92 Å². The lowest BCUT2D eigenvalue weighted by Gasteiger charge is -2.38. The maximum absolute atomic E-state index is 12.9. The number of likely N-dealkylation sites (tertiary alicyclic amines) is 1. The van der Waals surface area contributed by atoms with Gasteiger partial charge in [-0.15, -0.1) is 0 Å². The predicted molar refractivity (Wildman–Crippen MR) is 94.8 cm³/mol. The molecule has 1 saturated heterocycles. The fourth-order valence-electron chi connectivity index (χ4n) is 4.47. The Hall–Kier alpha value is -1.10. The molecule has 1 aliphatic heterocycles. The first kappa shape index (κ1) is 19.2. The average Bonchev–Trinajstić information content (AvgIpc) is 3.10. The Kier molecular flexibility index (Phi) is 7.53. The maximum Gasteiger partial charge on any atom is 0.317 e. The molecule has 1 atom stereocenters. The monoisotopic (exact) mass is 338 g/mol. The van der Waals surface area contributed by atoms with Crippen molar-refractivity contribution in [2.24, 2.45) is 11.8 Å². The van der Waals surface area contributed by atoms with E-state index in [4.69, 9.17) is 5.11 Å². The SMILES string of the molecule is CCC(CC1CCCC1)C(=O)N1CCC(N(CC)CC(=O)O)CC1. The molecule has 1 amide bonds. The van der Waals surface area contributed by atoms with Crippen molar-refractivity contribution in [3.8, 4) is 0 Å². The van der Waals surface area contributed by atoms with E-state index in [0.717, 1.165) is 51.2 Å². The molecule has 0 aromatic carbocycles. The molecule has 1 unspecified atom stereocenters. The molecule has 1 saturated carbocycles. The van der Waals surface area contributed by atoms with E-state index in [1.165, 1.54) is 25.7 Å². The van der Waals surface area contributed by atoms with Gasteiger partial charge in [0.05, 0.1) is 6.54 Å². The van der Waals surface area contributed by atoms with Crippen LogP contribution in [0.1, 0.15) is 65.2 Å². The molecule has 2 rings (SSSR count). The number of amides is 1. The summed E-state index contributed by atoms with van der Waals surface area (Å²) in [5.74, 6) is 0.510. The topological polar surface area (TPSA) is 60.9 Å². The van der Waals surface area contributed by atoms with Crippen molar-refractivity contribution in [1.29, 1.82) is 0 Å². The van der Waals surface area contributed by atoms with Gasteiger partial charge in [-0.25, -0.2) is 0 Å². The number of aliphatic carboxylic acids is 1. The predicted octanol–water partition coefficient (Wildman–Crippen LogP) is 2.99. The van der Waals surface area contributed by atoms with Crippen LogP contribution in [0.15, 0.2) is 0 Å². The van der Waals surface area contributed by atoms with Crippen LogP contribution >= 0.6 is 0 Å². The minimum atomic E-state index is -0.766. The Morgan fingerprint density at radius 2 is 1.75 bits per heavy atom. The molecular weight excluding hydrogens is 304 g/mol. The van der Waals surface area contributed by atoms with Crippen molar-refractivity contribution in [3.63, 3.8) is 0 Å². The van der Waals surface area contributed by atoms with Gasteiger partial charge in [-0.1, -0.05) is 39.5 Å². The number of carbonyl (C=O) groups excluding carboxylic acids is 1. The second-order valence-corrected chi connectivity index (χ2v) is 7.50. The van der Waals surface area contributed by atoms with E-state index in [9.17, 15) is 9.59 Å². The van der Waals surface area contributed by atoms with Crippen LogP contribution in [0.5, 0.6) is 0 Å². The van der Waals surface area contributed by atoms with Crippen molar-refractivity contribution in [2.45, 2.75) is 71.3 Å². The normalized spacial score (nSPS) is 21.4. The zero-order chi connectivity index (χ0) is 17.5. The Balaban J connectivity index is 1.83. The Morgan fingerprint density at radius 1 is 1.12 bits per heavy atom. The van der Waals surface area contributed by atoms with E-state index in [-0.39, 0.29) is 12.5 Å². The molecule has 2 aliphatic rings. The number of carboxylic acid groups (broad SMARTS) is 1. The molecular formula is C19H34N2O3. The number of nitrogens with zero attached hydrogens (tertiary/aromatic N) is 2. The number of piperidine rings is 1. The van der Waals surface area contributed by atoms with Gasteiger partial charge in [-0.05, 0) is 38.1 Å². The van der Waals surface area contributed by atoms with Crippen molar-refractivity contribution in [1.82, 2.24) is 9.80 Å². The van der Waals surface area contributed by atoms with Gasteiger partial charge in [0.15, 0.2) is 0 Å². The summed E-state index contributed by atoms with van der Waals surface area (Å²) in [5.41, 5.74) is 0. The molecule has 24 heavy (non-hydrogen) atoms. The number of likely N-dealkylation sites (N-methyl/N-ethyl adjacent to an activating group) is 1. The smallest absolute Gasteiger partial charge is 0.317 e. The second-order valence-electron chi connectivity index (χ2n) is 7.50. The van der Waals surface area contributed by atoms with Crippen LogP contribution in [-0.2, 0) is 9.59 Å². The van der Waals surface area contributed by atoms with Crippen molar-refractivity contribution >= 4 is 11.9 Å². The number of hydrogen-bond donors (Lipinski definition) is 1. The highest BCUT2D eigenvalue weighted by Crippen LogP contribution is 2.32. The van der Waals surface area contributed by atoms with Gasteiger partial charge in [0.25, 0.3) is 0 Å². The lowest BCUT2D eigenvalue weighted by molar-refractivity contribution is -0.141. The molecule has 0 aromatic rings. The summed E-state index contributed by atoms with van der Waals surface area (Å²) in [6.45, 7) is 6.56. The van der Waals surface area contributed by atoms with Gasteiger partial charge >= 0.3 is 5.97 Å². The fourth-order valence-corrected chi connectivity index (χ4v) is 4.47. The molecule has 5 nitrogen and oxygen atoms in total. The van der Waals surface area contributed by atoms with Gasteiger partial charge in [-0.2, -0.15) is 0 Å². The maximum atomic E-state index is 12.9. The Bertz CT molecular complexity index is 413. The molecule has 2 fully saturated rings. The summed E-state index contributed by atoms with van der Waals surface area (Å²) < 4.78 is 0. The first-order valence-electron chi connectivity index (χ1n) is 9.79. The van der Waals surface area contributed by atoms with E-state index in [0.29, 0.717) is 11.9 Å². The van der Waals surface area contributed by atoms with Crippen LogP contribution in [0.25, 0.3) is 0 Å². The number of rotatable bonds is 8. The molecule has 0 aromatic heterocycles. The number of carboxylic acids is 1. The van der Waals surface area contributed by atoms with E-state index >= 15 is 0 Å². The first-order chi connectivity index (χ1) is 11.5. The largest absolute Gasteiger partial charge is 0.480 e. The quantitative estimate of drug-likeness (QED) is 0.739. The molecule has 1 aliphatic carbocycles. The summed E-state index contributed by atoms with van der Waals surface area (Å²) in [5, 5.41) is 9.02. The van der Waals surface area contributed by atoms with Gasteiger partial charge in [0, 0.05) is 25.0 Å². The first-order valence-corrected chi connectivity index (χ1v) is 9.79. The molecule has 5 heteroatoms. The lowest BCUT2D eigenvalue weighted by atomic mass is 9.89. The molecule has 1 heterocycles. The van der Waals surface area contributed by atoms with Crippen LogP contribution in [0.2, 0.25) is 0 Å². The van der Waals surface area contributed by atoms with Gasteiger partial charge in [0.2, 0.25) is 5.91 Å². The highest BCUT2D eigenvalue weighted by Gasteiger charge is 2.31. The van der Waals surface area contributed by atoms with Crippen molar-refractivity contribution in [2.75, 3.05) is 26.2 Å². The zero-order valence-electron chi connectivity index (χ0n) is 15.4. The van der Waals surface area contributed by atoms with Crippen molar-refractivity contribution < 1.29 is 14.7 Å². The van der Waals surface area contributed by atoms with E-state index in [1.54, 1.807) is 0 Å². The van der Waals surface area contributed by atoms with Gasteiger partial charge in [0.1, 0.15) is 0 Å². The molecule has 0 spiro atoms. The highest BCUT2D eigenvalue weighted by molar-refractivity contribution is 5.79. The van der Waals surface area contributed by atoms with E-state index < -0.39 is 5.97 Å². The Morgan fingerprint density at radius 3 is 2.25 bits per heavy atom. The summed E-state index contributed by atoms with van der Waals surface area (Å²) in [7, 11) is 0. The van der Waals surface area contributed by atoms with Crippen LogP contribution in [0.3, 0.4) is 0 Å². The molecule has 0 radical (unpaired) electrons. The standard InChI is InChI=1S/C19H34N2O3/c1-3-16(13-15-7-5-6-8-15)19(24)21-11-9-17(10-12-21)20(4-2)14-18(22)23/h15-17H,3-14H2,1-2H3,(H,22,23). The second kappa shape index (κ2) is 9.40. The molecule has 1 N–H and O–H groups in total. The minimum absolute atomic E-state index is 0.106. The van der Waals surface area contributed by atoms with Crippen LogP contribution in [0.4, 0.5) is 0 Å². The third-order valence-electron chi connectivity index (χ3n) is 5.97. The zero-order valence-corrected chi connectivity index (χ0v) is 15.4. The summed E-state index contributed by atoms with van der Waals surface area (Å²) in [4.78, 5) is 27.9. The van der Waals surface area contributed by atoms with Crippen molar-refractivity contribution in [3.05, 3.63) is 0 Å². The van der Waals surface area contributed by atoms with Crippen LogP contribution in [0, 0.1) is 11.8 Å². The van der Waals surface area contributed by atoms with E-state index in [1.807, 2.05) is 16.7 Å². The minimum Gasteiger partial charge on any atom is -0.480 e. The fraction of sp³-hybridized carbons (Fsp3) is 0.895. The summed E-state index contributed by atoms with van der Waals surface area (Å²) >= 11 is 0. The third kappa shape index (κ3) is 5.20. The molecule has 138 valence electrons. The number of carbonyl (C=O) groups is 2. The molecule has 0 bridgehead atoms. The third-order valence-corrected chi connectivity index (χ3v) is 5.97. The van der Waals surface area contributed by atoms with Crippen LogP contribution < -0.4 is 0 Å². The van der Waals surface area contributed by atoms with Gasteiger partial charge < -0.3 is 10.0 Å². The highest BCUT2D eigenvalue weighted by atomic mass is 16.4. The lowest BCUT2D eigenvalue weighted by Crippen LogP contribution is -2.49. The summed E-state index contributed by atoms with van der Waals surface area (Å²) in [6.07, 6.45) is 9.05. The number of hydrogen-bond acceptors (Lipinski definition) is 3. The Labute approximate surface area is 146 Å². The van der Waals surface area contributed by atoms with Crippen LogP contribution in [-0.4, -0.2) is 59.0 Å². The van der Waals surface area contributed by atoms with Gasteiger partial charge in [-0.3, -0.25) is 14.5 Å².